The van der Waals surface area contributed by atoms with E-state index in [9.17, 15) is 4.79 Å². The van der Waals surface area contributed by atoms with Crippen LogP contribution in [0.4, 0.5) is 10.6 Å². The van der Waals surface area contributed by atoms with Gasteiger partial charge in [0.25, 0.3) is 0 Å². The molecule has 0 amide bonds. The Morgan fingerprint density at radius 1 is 1.33 bits per heavy atom. The number of hydrogen-bond donors (Lipinski definition) is 3. The fourth-order valence-corrected chi connectivity index (χ4v) is 2.13. The zero-order valence-corrected chi connectivity index (χ0v) is 11.2. The highest BCUT2D eigenvalue weighted by Crippen LogP contribution is 2.27. The van der Waals surface area contributed by atoms with Gasteiger partial charge in [0.15, 0.2) is 5.96 Å². The molecule has 1 unspecified atom stereocenters. The van der Waals surface area contributed by atoms with Crippen LogP contribution in [0, 0.1) is 0 Å². The number of aromatic nitrogens is 1. The van der Waals surface area contributed by atoms with E-state index in [1.165, 1.54) is 4.57 Å². The van der Waals surface area contributed by atoms with E-state index in [-0.39, 0.29) is 12.6 Å². The van der Waals surface area contributed by atoms with Crippen LogP contribution in [0.3, 0.4) is 0 Å². The fraction of sp³-hybridized carbons (Fsp3) is 0.143. The van der Waals surface area contributed by atoms with Gasteiger partial charge in [-0.05, 0) is 11.6 Å². The number of carbonyl (C=O) groups excluding carboxylic acids is 1. The first kappa shape index (κ1) is 13.2. The number of ether oxygens (including phenoxy) is 1. The van der Waals surface area contributed by atoms with Crippen LogP contribution in [-0.4, -0.2) is 16.6 Å². The minimum Gasteiger partial charge on any atom is -0.444 e. The summed E-state index contributed by atoms with van der Waals surface area (Å²) in [7, 11) is 0. The van der Waals surface area contributed by atoms with Gasteiger partial charge in [-0.25, -0.2) is 14.4 Å². The second kappa shape index (κ2) is 5.29. The van der Waals surface area contributed by atoms with Crippen molar-refractivity contribution in [3.8, 4) is 0 Å². The molecule has 3 rings (SSSR count). The van der Waals surface area contributed by atoms with E-state index >= 15 is 0 Å². The molecule has 0 aliphatic carbocycles. The number of nitrogens with one attached hydrogen (secondary N) is 1. The number of fused-ring (bicyclic) bond motifs is 1. The molecule has 0 bridgehead atoms. The van der Waals surface area contributed by atoms with Gasteiger partial charge < -0.3 is 21.5 Å². The Bertz CT molecular complexity index is 693. The molecule has 2 heterocycles. The van der Waals surface area contributed by atoms with Crippen molar-refractivity contribution in [2.75, 3.05) is 5.32 Å². The van der Waals surface area contributed by atoms with Crippen LogP contribution in [0.15, 0.2) is 47.6 Å². The third-order valence-electron chi connectivity index (χ3n) is 3.16. The number of anilines is 1. The van der Waals surface area contributed by atoms with Crippen molar-refractivity contribution in [3.63, 3.8) is 0 Å². The lowest BCUT2D eigenvalue weighted by molar-refractivity contribution is 0.142. The highest BCUT2D eigenvalue weighted by atomic mass is 16.5. The summed E-state index contributed by atoms with van der Waals surface area (Å²) in [5.41, 5.74) is 13.1. The molecule has 0 radical (unpaired) electrons. The Kier molecular flexibility index (Phi) is 3.33. The van der Waals surface area contributed by atoms with E-state index in [1.807, 2.05) is 30.3 Å². The van der Waals surface area contributed by atoms with Gasteiger partial charge in [0.2, 0.25) is 0 Å². The predicted molar refractivity (Wildman–Crippen MR) is 78.6 cm³/mol. The highest BCUT2D eigenvalue weighted by molar-refractivity contribution is 5.96. The first-order chi connectivity index (χ1) is 10.1. The summed E-state index contributed by atoms with van der Waals surface area (Å²) in [6.07, 6.45) is 0.498. The Balaban J connectivity index is 1.75. The number of hydrogen-bond acceptors (Lipinski definition) is 6. The quantitative estimate of drug-likeness (QED) is 0.772. The van der Waals surface area contributed by atoms with Crippen molar-refractivity contribution < 1.29 is 9.53 Å². The number of benzene rings is 1. The van der Waals surface area contributed by atoms with Gasteiger partial charge in [-0.15, -0.1) is 0 Å². The maximum Gasteiger partial charge on any atom is 0.419 e. The van der Waals surface area contributed by atoms with Crippen molar-refractivity contribution in [3.05, 3.63) is 53.7 Å². The molecule has 2 aromatic rings. The molecule has 1 aromatic heterocycles. The fourth-order valence-electron chi connectivity index (χ4n) is 2.13. The predicted octanol–water partition coefficient (Wildman–Crippen LogP) is 1.37. The Morgan fingerprint density at radius 2 is 2.10 bits per heavy atom. The van der Waals surface area contributed by atoms with E-state index in [2.05, 4.69) is 10.3 Å². The van der Waals surface area contributed by atoms with E-state index in [0.29, 0.717) is 11.4 Å². The van der Waals surface area contributed by atoms with Gasteiger partial charge in [0.1, 0.15) is 18.6 Å². The third kappa shape index (κ3) is 2.59. The van der Waals surface area contributed by atoms with E-state index in [4.69, 9.17) is 16.2 Å². The Hall–Kier alpha value is -2.80. The van der Waals surface area contributed by atoms with Crippen molar-refractivity contribution in [2.24, 2.45) is 16.5 Å². The smallest absolute Gasteiger partial charge is 0.419 e. The maximum absolute atomic E-state index is 12.1. The normalized spacial score (nSPS) is 16.6. The van der Waals surface area contributed by atoms with Gasteiger partial charge in [-0.1, -0.05) is 30.3 Å². The molecule has 21 heavy (non-hydrogen) atoms. The number of rotatable bonds is 2. The topological polar surface area (TPSA) is 108 Å². The second-order valence-electron chi connectivity index (χ2n) is 4.61. The SMILES string of the molecule is NC1=NC(N)c2ccn(C(=O)OCc3ccccc3)c2N1. The summed E-state index contributed by atoms with van der Waals surface area (Å²) < 4.78 is 6.60. The number of aliphatic imine (C=N–C) groups is 1. The molecular formula is C14H15N5O2. The van der Waals surface area contributed by atoms with Crippen LogP contribution in [0.1, 0.15) is 17.3 Å². The van der Waals surface area contributed by atoms with Gasteiger partial charge >= 0.3 is 6.09 Å². The van der Waals surface area contributed by atoms with Crippen LogP contribution < -0.4 is 16.8 Å². The van der Waals surface area contributed by atoms with E-state index < -0.39 is 12.3 Å². The van der Waals surface area contributed by atoms with Crippen molar-refractivity contribution >= 4 is 17.9 Å². The Labute approximate surface area is 121 Å². The zero-order valence-electron chi connectivity index (χ0n) is 11.2. The lowest BCUT2D eigenvalue weighted by Crippen LogP contribution is -2.32. The summed E-state index contributed by atoms with van der Waals surface area (Å²) in [4.78, 5) is 16.1. The Morgan fingerprint density at radius 3 is 2.86 bits per heavy atom. The molecule has 7 nitrogen and oxygen atoms in total. The number of nitrogens with two attached hydrogens (primary N) is 2. The summed E-state index contributed by atoms with van der Waals surface area (Å²) in [5.74, 6) is 0.666. The van der Waals surface area contributed by atoms with Crippen LogP contribution in [0.25, 0.3) is 0 Å². The number of guanidine groups is 1. The largest absolute Gasteiger partial charge is 0.444 e. The minimum absolute atomic E-state index is 0.172. The van der Waals surface area contributed by atoms with Gasteiger partial charge in [-0.3, -0.25) is 0 Å². The molecule has 1 atom stereocenters. The monoisotopic (exact) mass is 285 g/mol. The molecule has 0 fully saturated rings. The van der Waals surface area contributed by atoms with Crippen LogP contribution >= 0.6 is 0 Å². The molecule has 1 aromatic carbocycles. The summed E-state index contributed by atoms with van der Waals surface area (Å²) in [6, 6.07) is 11.2. The lowest BCUT2D eigenvalue weighted by Gasteiger charge is -2.19. The zero-order chi connectivity index (χ0) is 14.8. The standard InChI is InChI=1S/C14H15N5O2/c15-11-10-6-7-19(12(10)18-13(16)17-11)14(20)21-8-9-4-2-1-3-5-9/h1-7,11H,8,15H2,(H3,16,17,18). The molecule has 5 N–H and O–H groups in total. The van der Waals surface area contributed by atoms with Crippen molar-refractivity contribution in [1.82, 2.24) is 4.57 Å². The first-order valence-electron chi connectivity index (χ1n) is 6.43. The third-order valence-corrected chi connectivity index (χ3v) is 3.16. The van der Waals surface area contributed by atoms with Crippen LogP contribution in [0.2, 0.25) is 0 Å². The average molecular weight is 285 g/mol. The molecule has 0 saturated heterocycles. The lowest BCUT2D eigenvalue weighted by atomic mass is 10.2. The molecule has 1 aliphatic rings. The maximum atomic E-state index is 12.1. The van der Waals surface area contributed by atoms with Crippen molar-refractivity contribution in [2.45, 2.75) is 12.8 Å². The second-order valence-corrected chi connectivity index (χ2v) is 4.61. The number of carbonyl (C=O) groups is 1. The van der Waals surface area contributed by atoms with Crippen molar-refractivity contribution in [1.29, 1.82) is 0 Å². The van der Waals surface area contributed by atoms with Crippen LogP contribution in [-0.2, 0) is 11.3 Å². The van der Waals surface area contributed by atoms with Gasteiger partial charge in [0, 0.05) is 11.8 Å². The minimum atomic E-state index is -0.579. The summed E-state index contributed by atoms with van der Waals surface area (Å²) in [6.45, 7) is 0.197. The average Bonchev–Trinajstić information content (AvgIpc) is 2.90. The molecule has 0 saturated carbocycles. The summed E-state index contributed by atoms with van der Waals surface area (Å²) >= 11 is 0. The van der Waals surface area contributed by atoms with E-state index in [0.717, 1.165) is 5.56 Å². The molecular weight excluding hydrogens is 270 g/mol. The highest BCUT2D eigenvalue weighted by Gasteiger charge is 2.23. The molecule has 1 aliphatic heterocycles. The van der Waals surface area contributed by atoms with Crippen LogP contribution in [0.5, 0.6) is 0 Å². The van der Waals surface area contributed by atoms with Gasteiger partial charge in [-0.2, -0.15) is 0 Å². The molecule has 7 heteroatoms. The molecule has 0 spiro atoms. The summed E-state index contributed by atoms with van der Waals surface area (Å²) in [5, 5.41) is 2.83. The molecule has 108 valence electrons. The van der Waals surface area contributed by atoms with Gasteiger partial charge in [0.05, 0.1) is 0 Å². The number of nitrogens with zero attached hydrogens (tertiary/aromatic N) is 2. The first-order valence-corrected chi connectivity index (χ1v) is 6.43. The van der Waals surface area contributed by atoms with E-state index in [1.54, 1.807) is 12.3 Å².